The Labute approximate surface area is 184 Å². The molecule has 0 fully saturated rings. The Kier molecular flexibility index (Phi) is 6.81. The van der Waals surface area contributed by atoms with Gasteiger partial charge in [-0.25, -0.2) is 8.42 Å². The second kappa shape index (κ2) is 9.35. The van der Waals surface area contributed by atoms with E-state index in [1.54, 1.807) is 42.5 Å². The van der Waals surface area contributed by atoms with Crippen molar-refractivity contribution in [2.45, 2.75) is 38.5 Å². The van der Waals surface area contributed by atoms with Crippen LogP contribution in [-0.4, -0.2) is 20.9 Å². The highest BCUT2D eigenvalue weighted by atomic mass is 32.2. The SMILES string of the molecule is Cc1ccc(S(=O)(=O)N(CC(=O)Nc2cccc(C)c2)c2ccc(C(C)C)cc2)cc1. The second-order valence-electron chi connectivity index (χ2n) is 7.99. The molecule has 3 aromatic carbocycles. The fraction of sp³-hybridized carbons (Fsp3) is 0.240. The number of aryl methyl sites for hydroxylation is 2. The second-order valence-corrected chi connectivity index (χ2v) is 9.85. The van der Waals surface area contributed by atoms with E-state index in [0.717, 1.165) is 21.0 Å². The number of nitrogens with zero attached hydrogens (tertiary/aromatic N) is 1. The lowest BCUT2D eigenvalue weighted by atomic mass is 10.0. The van der Waals surface area contributed by atoms with Crippen LogP contribution >= 0.6 is 0 Å². The van der Waals surface area contributed by atoms with E-state index in [-0.39, 0.29) is 11.4 Å². The number of sulfonamides is 1. The molecular weight excluding hydrogens is 408 g/mol. The van der Waals surface area contributed by atoms with Crippen LogP contribution in [0.1, 0.15) is 36.5 Å². The van der Waals surface area contributed by atoms with Crippen molar-refractivity contribution in [2.75, 3.05) is 16.2 Å². The first-order valence-corrected chi connectivity index (χ1v) is 11.7. The Morgan fingerprint density at radius 3 is 2.13 bits per heavy atom. The Morgan fingerprint density at radius 2 is 1.55 bits per heavy atom. The summed E-state index contributed by atoms with van der Waals surface area (Å²) in [6.45, 7) is 7.65. The molecule has 1 amide bonds. The lowest BCUT2D eigenvalue weighted by Crippen LogP contribution is -2.38. The summed E-state index contributed by atoms with van der Waals surface area (Å²) in [6, 6.07) is 21.3. The smallest absolute Gasteiger partial charge is 0.264 e. The normalized spacial score (nSPS) is 11.4. The van der Waals surface area contributed by atoms with Crippen LogP contribution in [-0.2, 0) is 14.8 Å². The van der Waals surface area contributed by atoms with Gasteiger partial charge in [-0.1, -0.05) is 55.8 Å². The van der Waals surface area contributed by atoms with Crippen LogP contribution in [0.3, 0.4) is 0 Å². The summed E-state index contributed by atoms with van der Waals surface area (Å²) < 4.78 is 28.1. The van der Waals surface area contributed by atoms with E-state index < -0.39 is 15.9 Å². The number of carbonyl (C=O) groups excluding carboxylic acids is 1. The van der Waals surface area contributed by atoms with E-state index >= 15 is 0 Å². The van der Waals surface area contributed by atoms with E-state index in [2.05, 4.69) is 19.2 Å². The average molecular weight is 437 g/mol. The molecule has 0 unspecified atom stereocenters. The highest BCUT2D eigenvalue weighted by molar-refractivity contribution is 7.92. The molecular formula is C25H28N2O3S. The Hall–Kier alpha value is -3.12. The molecule has 162 valence electrons. The van der Waals surface area contributed by atoms with Gasteiger partial charge in [0.05, 0.1) is 10.6 Å². The molecule has 3 aromatic rings. The predicted molar refractivity (Wildman–Crippen MR) is 126 cm³/mol. The fourth-order valence-electron chi connectivity index (χ4n) is 3.23. The third-order valence-electron chi connectivity index (χ3n) is 5.05. The molecule has 3 rings (SSSR count). The summed E-state index contributed by atoms with van der Waals surface area (Å²) in [7, 11) is -3.93. The molecule has 0 aliphatic heterocycles. The maximum atomic E-state index is 13.5. The van der Waals surface area contributed by atoms with Gasteiger partial charge in [0, 0.05) is 5.69 Å². The topological polar surface area (TPSA) is 66.5 Å². The summed E-state index contributed by atoms with van der Waals surface area (Å²) in [5.74, 6) is -0.0879. The van der Waals surface area contributed by atoms with Gasteiger partial charge in [0.1, 0.15) is 6.54 Å². The summed E-state index contributed by atoms with van der Waals surface area (Å²) in [6.07, 6.45) is 0. The molecule has 0 saturated carbocycles. The van der Waals surface area contributed by atoms with E-state index in [9.17, 15) is 13.2 Å². The quantitative estimate of drug-likeness (QED) is 0.549. The van der Waals surface area contributed by atoms with Crippen LogP contribution in [0.4, 0.5) is 11.4 Å². The number of anilines is 2. The van der Waals surface area contributed by atoms with E-state index in [1.165, 1.54) is 0 Å². The first-order chi connectivity index (χ1) is 14.7. The minimum atomic E-state index is -3.93. The first kappa shape index (κ1) is 22.6. The van der Waals surface area contributed by atoms with Crippen molar-refractivity contribution in [1.29, 1.82) is 0 Å². The van der Waals surface area contributed by atoms with Crippen molar-refractivity contribution < 1.29 is 13.2 Å². The average Bonchev–Trinajstić information content (AvgIpc) is 2.72. The fourth-order valence-corrected chi connectivity index (χ4v) is 4.65. The Balaban J connectivity index is 1.95. The zero-order valence-corrected chi connectivity index (χ0v) is 19.1. The van der Waals surface area contributed by atoms with E-state index in [1.807, 2.05) is 44.2 Å². The molecule has 0 saturated heterocycles. The number of hydrogen-bond donors (Lipinski definition) is 1. The molecule has 0 bridgehead atoms. The van der Waals surface area contributed by atoms with Gasteiger partial charge in [0.25, 0.3) is 10.0 Å². The minimum Gasteiger partial charge on any atom is -0.325 e. The van der Waals surface area contributed by atoms with Crippen molar-refractivity contribution in [3.63, 3.8) is 0 Å². The summed E-state index contributed by atoms with van der Waals surface area (Å²) in [5.41, 5.74) is 4.15. The Bertz CT molecular complexity index is 1150. The van der Waals surface area contributed by atoms with Crippen LogP contribution in [0.15, 0.2) is 77.7 Å². The largest absolute Gasteiger partial charge is 0.325 e. The van der Waals surface area contributed by atoms with Gasteiger partial charge in [-0.05, 0) is 67.3 Å². The highest BCUT2D eigenvalue weighted by Crippen LogP contribution is 2.26. The van der Waals surface area contributed by atoms with E-state index in [0.29, 0.717) is 17.3 Å². The molecule has 0 radical (unpaired) electrons. The van der Waals surface area contributed by atoms with Crippen molar-refractivity contribution in [3.8, 4) is 0 Å². The van der Waals surface area contributed by atoms with E-state index in [4.69, 9.17) is 0 Å². The lowest BCUT2D eigenvalue weighted by molar-refractivity contribution is -0.114. The number of rotatable bonds is 7. The van der Waals surface area contributed by atoms with Gasteiger partial charge in [0.15, 0.2) is 0 Å². The molecule has 0 aliphatic rings. The van der Waals surface area contributed by atoms with Gasteiger partial charge >= 0.3 is 0 Å². The maximum absolute atomic E-state index is 13.5. The maximum Gasteiger partial charge on any atom is 0.264 e. The van der Waals surface area contributed by atoms with Gasteiger partial charge in [-0.15, -0.1) is 0 Å². The number of amides is 1. The zero-order valence-electron chi connectivity index (χ0n) is 18.3. The summed E-state index contributed by atoms with van der Waals surface area (Å²) >= 11 is 0. The molecule has 6 heteroatoms. The van der Waals surface area contributed by atoms with Crippen LogP contribution < -0.4 is 9.62 Å². The monoisotopic (exact) mass is 436 g/mol. The molecule has 0 spiro atoms. The molecule has 1 N–H and O–H groups in total. The Morgan fingerprint density at radius 1 is 0.903 bits per heavy atom. The lowest BCUT2D eigenvalue weighted by Gasteiger charge is -2.24. The third kappa shape index (κ3) is 5.52. The van der Waals surface area contributed by atoms with Gasteiger partial charge < -0.3 is 5.32 Å². The standard InChI is InChI=1S/C25H28N2O3S/c1-18(2)21-10-12-23(13-11-21)27(31(29,30)24-14-8-19(3)9-15-24)17-25(28)26-22-7-5-6-20(4)16-22/h5-16,18H,17H2,1-4H3,(H,26,28). The minimum absolute atomic E-state index is 0.148. The van der Waals surface area contributed by atoms with Gasteiger partial charge in [-0.3, -0.25) is 9.10 Å². The van der Waals surface area contributed by atoms with Gasteiger partial charge in [-0.2, -0.15) is 0 Å². The van der Waals surface area contributed by atoms with Crippen molar-refractivity contribution in [2.24, 2.45) is 0 Å². The summed E-state index contributed by atoms with van der Waals surface area (Å²) in [4.78, 5) is 12.9. The molecule has 31 heavy (non-hydrogen) atoms. The van der Waals surface area contributed by atoms with Crippen molar-refractivity contribution in [1.82, 2.24) is 0 Å². The summed E-state index contributed by atoms with van der Waals surface area (Å²) in [5, 5.41) is 2.80. The van der Waals surface area contributed by atoms with Crippen molar-refractivity contribution >= 4 is 27.3 Å². The van der Waals surface area contributed by atoms with Gasteiger partial charge in [0.2, 0.25) is 5.91 Å². The number of hydrogen-bond acceptors (Lipinski definition) is 3. The van der Waals surface area contributed by atoms with Crippen LogP contribution in [0.25, 0.3) is 0 Å². The highest BCUT2D eigenvalue weighted by Gasteiger charge is 2.27. The third-order valence-corrected chi connectivity index (χ3v) is 6.83. The molecule has 0 atom stereocenters. The van der Waals surface area contributed by atoms with Crippen LogP contribution in [0.5, 0.6) is 0 Å². The molecule has 0 aromatic heterocycles. The van der Waals surface area contributed by atoms with Crippen molar-refractivity contribution in [3.05, 3.63) is 89.5 Å². The van der Waals surface area contributed by atoms with Crippen LogP contribution in [0.2, 0.25) is 0 Å². The number of nitrogens with one attached hydrogen (secondary N) is 1. The van der Waals surface area contributed by atoms with Crippen LogP contribution in [0, 0.1) is 13.8 Å². The predicted octanol–water partition coefficient (Wildman–Crippen LogP) is 5.26. The zero-order chi connectivity index (χ0) is 22.6. The first-order valence-electron chi connectivity index (χ1n) is 10.2. The molecule has 5 nitrogen and oxygen atoms in total. The molecule has 0 aliphatic carbocycles. The molecule has 0 heterocycles. The number of carbonyl (C=O) groups is 1. The number of benzene rings is 3.